The first-order chi connectivity index (χ1) is 23.6. The second-order valence-electron chi connectivity index (χ2n) is 12.1. The smallest absolute Gasteiger partial charge is 0.145 e. The number of aliphatic hydroxyl groups excluding tert-OH is 1. The third-order valence-corrected chi connectivity index (χ3v) is 8.66. The molecule has 2 aliphatic carbocycles. The summed E-state index contributed by atoms with van der Waals surface area (Å²) in [7, 11) is 5.55. The van der Waals surface area contributed by atoms with Crippen molar-refractivity contribution < 1.29 is 14.3 Å². The number of aliphatic hydroxyl groups is 1. The number of hydrogen-bond acceptors (Lipinski definition) is 8. The zero-order valence-corrected chi connectivity index (χ0v) is 30.0. The lowest BCUT2D eigenvalue weighted by atomic mass is 9.86. The number of allylic oxidation sites excluding steroid dienone is 6. The number of nitrogens with one attached hydrogen (secondary N) is 4. The second-order valence-corrected chi connectivity index (χ2v) is 12.5. The van der Waals surface area contributed by atoms with Crippen LogP contribution in [0.25, 0.3) is 11.3 Å². The molecule has 49 heavy (non-hydrogen) atoms. The van der Waals surface area contributed by atoms with Crippen LogP contribution >= 0.6 is 11.6 Å². The van der Waals surface area contributed by atoms with Crippen LogP contribution in [0.2, 0.25) is 0 Å². The number of aldehydes is 1. The summed E-state index contributed by atoms with van der Waals surface area (Å²) in [5.41, 5.74) is 15.0. The minimum atomic E-state index is -0.361. The van der Waals surface area contributed by atoms with E-state index in [2.05, 4.69) is 68.4 Å². The highest BCUT2D eigenvalue weighted by atomic mass is 35.5. The Bertz CT molecular complexity index is 1650. The normalized spacial score (nSPS) is 16.7. The lowest BCUT2D eigenvalue weighted by Crippen LogP contribution is -2.30. The first-order valence-corrected chi connectivity index (χ1v) is 17.0. The first kappa shape index (κ1) is 39.2. The fourth-order valence-corrected chi connectivity index (χ4v) is 5.51. The maximum absolute atomic E-state index is 14.8. The Morgan fingerprint density at radius 3 is 2.49 bits per heavy atom. The number of halogens is 2. The van der Waals surface area contributed by atoms with E-state index >= 15 is 0 Å². The molecule has 5 rings (SSSR count). The molecule has 1 atom stereocenters. The Balaban J connectivity index is 0.000000317. The molecule has 1 unspecified atom stereocenters. The summed E-state index contributed by atoms with van der Waals surface area (Å²) in [5.74, 6) is 5.78. The van der Waals surface area contributed by atoms with E-state index in [1.54, 1.807) is 25.4 Å². The van der Waals surface area contributed by atoms with Gasteiger partial charge in [0.2, 0.25) is 0 Å². The van der Waals surface area contributed by atoms with Crippen molar-refractivity contribution in [2.45, 2.75) is 64.1 Å². The molecule has 0 bridgehead atoms. The molecule has 0 saturated heterocycles. The van der Waals surface area contributed by atoms with Crippen LogP contribution < -0.4 is 27.0 Å². The van der Waals surface area contributed by atoms with Gasteiger partial charge in [-0.05, 0) is 113 Å². The molecular formula is C39H50ClFN6O2. The van der Waals surface area contributed by atoms with Gasteiger partial charge in [0.25, 0.3) is 0 Å². The molecule has 2 aromatic carbocycles. The van der Waals surface area contributed by atoms with E-state index in [1.165, 1.54) is 28.8 Å². The molecule has 262 valence electrons. The van der Waals surface area contributed by atoms with E-state index < -0.39 is 0 Å². The van der Waals surface area contributed by atoms with Crippen molar-refractivity contribution in [2.24, 2.45) is 10.7 Å². The van der Waals surface area contributed by atoms with E-state index in [9.17, 15) is 4.39 Å². The van der Waals surface area contributed by atoms with Gasteiger partial charge in [0.15, 0.2) is 0 Å². The monoisotopic (exact) mass is 688 g/mol. The van der Waals surface area contributed by atoms with Gasteiger partial charge in [0.1, 0.15) is 17.8 Å². The summed E-state index contributed by atoms with van der Waals surface area (Å²) in [4.78, 5) is 13.0. The average molecular weight is 689 g/mol. The average Bonchev–Trinajstić information content (AvgIpc) is 3.86. The lowest BCUT2D eigenvalue weighted by molar-refractivity contribution is -0.110. The van der Waals surface area contributed by atoms with Gasteiger partial charge in [-0.3, -0.25) is 4.99 Å². The molecule has 7 N–H and O–H groups in total. The first-order valence-electron chi connectivity index (χ1n) is 16.6. The minimum Gasteiger partial charge on any atom is -0.402 e. The zero-order chi connectivity index (χ0) is 35.8. The number of nitrogens with two attached hydrogens (primary N) is 1. The van der Waals surface area contributed by atoms with Gasteiger partial charge in [-0.15, -0.1) is 0 Å². The number of carbonyl (C=O) groups excluding carboxylic acids is 1. The molecule has 0 amide bonds. The SMILES string of the molecule is CN=C/C(=C(/C)N)c1cc(F)cc(C2(NC(=C3CCC3)c3ccccc3CNC)CC2)c1.CNC(C)C#CC1=C(Cl)C=CCN1.O=CCO. The van der Waals surface area contributed by atoms with Gasteiger partial charge in [-0.25, -0.2) is 4.39 Å². The van der Waals surface area contributed by atoms with E-state index in [1.807, 2.05) is 40.1 Å². The lowest BCUT2D eigenvalue weighted by Gasteiger charge is -2.30. The van der Waals surface area contributed by atoms with Crippen LogP contribution in [0.3, 0.4) is 0 Å². The summed E-state index contributed by atoms with van der Waals surface area (Å²) in [6.45, 7) is 5.07. The summed E-state index contributed by atoms with van der Waals surface area (Å²) in [6.07, 6.45) is 11.4. The molecule has 2 aromatic rings. The van der Waals surface area contributed by atoms with Crippen LogP contribution in [0.4, 0.5) is 4.39 Å². The number of nitrogens with zero attached hydrogens (tertiary/aromatic N) is 1. The molecule has 10 heteroatoms. The maximum atomic E-state index is 14.8. The van der Waals surface area contributed by atoms with Crippen LogP contribution in [-0.2, 0) is 16.9 Å². The van der Waals surface area contributed by atoms with E-state index in [0.717, 1.165) is 61.2 Å². The number of aliphatic imine (C=N–C) groups is 1. The number of rotatable bonds is 10. The van der Waals surface area contributed by atoms with Crippen molar-refractivity contribution >= 4 is 35.4 Å². The third kappa shape index (κ3) is 11.4. The zero-order valence-electron chi connectivity index (χ0n) is 29.2. The van der Waals surface area contributed by atoms with Crippen molar-refractivity contribution in [2.75, 3.05) is 34.3 Å². The highest BCUT2D eigenvalue weighted by molar-refractivity contribution is 6.31. The van der Waals surface area contributed by atoms with Gasteiger partial charge in [0.05, 0.1) is 23.2 Å². The molecule has 2 saturated carbocycles. The molecule has 0 aromatic heterocycles. The van der Waals surface area contributed by atoms with Gasteiger partial charge in [-0.1, -0.05) is 47.9 Å². The van der Waals surface area contributed by atoms with Gasteiger partial charge in [-0.2, -0.15) is 0 Å². The van der Waals surface area contributed by atoms with E-state index in [0.29, 0.717) is 17.0 Å². The largest absolute Gasteiger partial charge is 0.402 e. The third-order valence-electron chi connectivity index (χ3n) is 8.34. The van der Waals surface area contributed by atoms with Gasteiger partial charge >= 0.3 is 0 Å². The Morgan fingerprint density at radius 2 is 1.94 bits per heavy atom. The van der Waals surface area contributed by atoms with E-state index in [4.69, 9.17) is 27.2 Å². The molecule has 2 fully saturated rings. The standard InChI is InChI=1S/C27H33FN4.C10H13ClN2.C2H4O2/c1-18(29)25(17-31-3)21-13-22(15-23(28)14-21)27(11-12-27)32-26(19-8-6-9-19)24-10-5-4-7-20(24)16-30-2;1-8(12-2)5-6-10-9(11)4-3-7-13-10;3-1-2-4/h4-5,7,10,13-15,17,30,32H,6,8-9,11-12,16,29H2,1-3H3;3-4,8,12-13H,7H2,1-2H3;1,4H,2H2/b25-18+,31-17?;;. The highest BCUT2D eigenvalue weighted by Gasteiger charge is 2.46. The summed E-state index contributed by atoms with van der Waals surface area (Å²) < 4.78 is 14.8. The predicted molar refractivity (Wildman–Crippen MR) is 201 cm³/mol. The van der Waals surface area contributed by atoms with Crippen LogP contribution in [0.1, 0.15) is 68.2 Å². The van der Waals surface area contributed by atoms with Crippen molar-refractivity contribution in [3.63, 3.8) is 0 Å². The Labute approximate surface area is 295 Å². The van der Waals surface area contributed by atoms with Crippen LogP contribution in [0.15, 0.2) is 81.6 Å². The van der Waals surface area contributed by atoms with Crippen molar-refractivity contribution in [3.05, 3.63) is 105 Å². The number of carbonyl (C=O) groups is 1. The molecule has 8 nitrogen and oxygen atoms in total. The summed E-state index contributed by atoms with van der Waals surface area (Å²) in [6, 6.07) is 14.0. The summed E-state index contributed by atoms with van der Waals surface area (Å²) in [5, 5.41) is 21.5. The molecule has 1 aliphatic heterocycles. The van der Waals surface area contributed by atoms with Gasteiger partial charge < -0.3 is 36.9 Å². The molecular weight excluding hydrogens is 639 g/mol. The van der Waals surface area contributed by atoms with Gasteiger partial charge in [0, 0.05) is 48.9 Å². The topological polar surface area (TPSA) is 124 Å². The fourth-order valence-electron chi connectivity index (χ4n) is 5.31. The molecule has 1 heterocycles. The molecule has 0 radical (unpaired) electrons. The summed E-state index contributed by atoms with van der Waals surface area (Å²) >= 11 is 5.92. The van der Waals surface area contributed by atoms with Crippen LogP contribution in [-0.4, -0.2) is 57.9 Å². The molecule has 0 spiro atoms. The van der Waals surface area contributed by atoms with E-state index in [-0.39, 0.29) is 24.0 Å². The van der Waals surface area contributed by atoms with Crippen LogP contribution in [0, 0.1) is 17.7 Å². The molecule has 3 aliphatic rings. The Morgan fingerprint density at radius 1 is 1.22 bits per heavy atom. The highest BCUT2D eigenvalue weighted by Crippen LogP contribution is 2.49. The number of hydrogen-bond donors (Lipinski definition) is 6. The number of dihydropyridines is 1. The Kier molecular flexibility index (Phi) is 15.8. The minimum absolute atomic E-state index is 0.185. The quantitative estimate of drug-likeness (QED) is 0.111. The predicted octanol–water partition coefficient (Wildman–Crippen LogP) is 5.49. The van der Waals surface area contributed by atoms with Crippen LogP contribution in [0.5, 0.6) is 0 Å². The Hall–Kier alpha value is -4.20. The maximum Gasteiger partial charge on any atom is 0.145 e. The van der Waals surface area contributed by atoms with Crippen molar-refractivity contribution in [1.29, 1.82) is 0 Å². The number of benzene rings is 2. The van der Waals surface area contributed by atoms with Crippen molar-refractivity contribution in [1.82, 2.24) is 21.3 Å². The fraction of sp³-hybridized carbons (Fsp3) is 0.385. The van der Waals surface area contributed by atoms with Crippen molar-refractivity contribution in [3.8, 4) is 11.8 Å². The second kappa shape index (κ2) is 19.7.